The van der Waals surface area contributed by atoms with Crippen molar-refractivity contribution in [1.29, 1.82) is 0 Å². The van der Waals surface area contributed by atoms with E-state index in [2.05, 4.69) is 5.32 Å². The Hall–Kier alpha value is -1.10. The number of amides is 2. The number of nitrogens with two attached hydrogens (primary N) is 1. The van der Waals surface area contributed by atoms with Crippen molar-refractivity contribution < 1.29 is 9.59 Å². The van der Waals surface area contributed by atoms with E-state index in [1.54, 1.807) is 11.8 Å². The van der Waals surface area contributed by atoms with Gasteiger partial charge in [0.15, 0.2) is 0 Å². The van der Waals surface area contributed by atoms with Crippen LogP contribution in [-0.4, -0.2) is 41.9 Å². The molecule has 19 heavy (non-hydrogen) atoms. The third-order valence-electron chi connectivity index (χ3n) is 3.95. The molecule has 0 saturated heterocycles. The van der Waals surface area contributed by atoms with Crippen LogP contribution in [0, 0.1) is 5.92 Å². The van der Waals surface area contributed by atoms with Gasteiger partial charge in [-0.15, -0.1) is 0 Å². The Morgan fingerprint density at radius 1 is 1.21 bits per heavy atom. The van der Waals surface area contributed by atoms with Crippen LogP contribution in [0.2, 0.25) is 0 Å². The van der Waals surface area contributed by atoms with Crippen LogP contribution in [0.5, 0.6) is 0 Å². The first-order chi connectivity index (χ1) is 8.99. The molecule has 1 atom stereocenters. The van der Waals surface area contributed by atoms with Gasteiger partial charge in [-0.3, -0.25) is 9.59 Å². The molecule has 0 radical (unpaired) electrons. The van der Waals surface area contributed by atoms with Gasteiger partial charge in [-0.25, -0.2) is 0 Å². The van der Waals surface area contributed by atoms with Crippen LogP contribution < -0.4 is 11.1 Å². The fraction of sp³-hybridized carbons (Fsp3) is 0.857. The number of nitrogens with one attached hydrogen (secondary N) is 1. The fourth-order valence-electron chi connectivity index (χ4n) is 2.58. The minimum Gasteiger partial charge on any atom is -0.344 e. The smallest absolute Gasteiger partial charge is 0.244 e. The Balaban J connectivity index is 2.45. The summed E-state index contributed by atoms with van der Waals surface area (Å²) in [7, 11) is 0. The number of nitrogens with zero attached hydrogens (tertiary/aromatic N) is 1. The van der Waals surface area contributed by atoms with E-state index in [0.717, 1.165) is 25.7 Å². The van der Waals surface area contributed by atoms with Gasteiger partial charge in [0.05, 0.1) is 0 Å². The van der Waals surface area contributed by atoms with Crippen molar-refractivity contribution in [3.05, 3.63) is 0 Å². The standard InChI is InChI=1S/C14H27N3O2/c1-4-17(5-2)14(19)10(3)16-13(18)11-6-8-12(15)9-7-11/h10-12H,4-9,15H2,1-3H3,(H,16,18). The van der Waals surface area contributed by atoms with Crippen LogP contribution in [-0.2, 0) is 9.59 Å². The molecule has 1 unspecified atom stereocenters. The van der Waals surface area contributed by atoms with Crippen LogP contribution in [0.4, 0.5) is 0 Å². The minimum absolute atomic E-state index is 0.0000869. The van der Waals surface area contributed by atoms with Crippen molar-refractivity contribution in [2.24, 2.45) is 11.7 Å². The van der Waals surface area contributed by atoms with Crippen LogP contribution in [0.15, 0.2) is 0 Å². The molecule has 0 spiro atoms. The first-order valence-electron chi connectivity index (χ1n) is 7.34. The molecular weight excluding hydrogens is 242 g/mol. The lowest BCUT2D eigenvalue weighted by molar-refractivity contribution is -0.137. The maximum atomic E-state index is 12.1. The topological polar surface area (TPSA) is 75.4 Å². The second-order valence-electron chi connectivity index (χ2n) is 5.35. The van der Waals surface area contributed by atoms with Crippen molar-refractivity contribution in [1.82, 2.24) is 10.2 Å². The van der Waals surface area contributed by atoms with E-state index in [0.29, 0.717) is 13.1 Å². The summed E-state index contributed by atoms with van der Waals surface area (Å²) in [5.41, 5.74) is 5.83. The highest BCUT2D eigenvalue weighted by Gasteiger charge is 2.27. The van der Waals surface area contributed by atoms with Crippen molar-refractivity contribution in [3.63, 3.8) is 0 Å². The summed E-state index contributed by atoms with van der Waals surface area (Å²) < 4.78 is 0. The normalized spacial score (nSPS) is 24.6. The summed E-state index contributed by atoms with van der Waals surface area (Å²) in [6.07, 6.45) is 3.46. The van der Waals surface area contributed by atoms with Crippen molar-refractivity contribution >= 4 is 11.8 Å². The second kappa shape index (κ2) is 7.48. The monoisotopic (exact) mass is 269 g/mol. The number of carbonyl (C=O) groups excluding carboxylic acids is 2. The highest BCUT2D eigenvalue weighted by Crippen LogP contribution is 2.23. The van der Waals surface area contributed by atoms with Crippen LogP contribution in [0.3, 0.4) is 0 Å². The maximum absolute atomic E-state index is 12.1. The van der Waals surface area contributed by atoms with Gasteiger partial charge in [-0.05, 0) is 46.5 Å². The molecule has 5 heteroatoms. The van der Waals surface area contributed by atoms with Gasteiger partial charge in [-0.2, -0.15) is 0 Å². The van der Waals surface area contributed by atoms with Gasteiger partial charge in [0.25, 0.3) is 0 Å². The van der Waals surface area contributed by atoms with Crippen molar-refractivity contribution in [3.8, 4) is 0 Å². The maximum Gasteiger partial charge on any atom is 0.244 e. The van der Waals surface area contributed by atoms with E-state index in [1.807, 2.05) is 13.8 Å². The predicted octanol–water partition coefficient (Wildman–Crippen LogP) is 0.877. The first-order valence-corrected chi connectivity index (χ1v) is 7.34. The van der Waals surface area contributed by atoms with E-state index in [4.69, 9.17) is 5.73 Å². The van der Waals surface area contributed by atoms with Gasteiger partial charge >= 0.3 is 0 Å². The van der Waals surface area contributed by atoms with E-state index >= 15 is 0 Å². The third kappa shape index (κ3) is 4.49. The summed E-state index contributed by atoms with van der Waals surface area (Å²) in [6, 6.07) is -0.207. The van der Waals surface area contributed by atoms with Crippen LogP contribution in [0.25, 0.3) is 0 Å². The zero-order valence-corrected chi connectivity index (χ0v) is 12.3. The van der Waals surface area contributed by atoms with E-state index in [9.17, 15) is 9.59 Å². The third-order valence-corrected chi connectivity index (χ3v) is 3.95. The molecule has 1 aliphatic rings. The summed E-state index contributed by atoms with van der Waals surface area (Å²) in [5, 5.41) is 2.84. The molecule has 5 nitrogen and oxygen atoms in total. The molecule has 110 valence electrons. The predicted molar refractivity (Wildman–Crippen MR) is 75.5 cm³/mol. The molecule has 3 N–H and O–H groups in total. The second-order valence-corrected chi connectivity index (χ2v) is 5.35. The van der Waals surface area contributed by atoms with Gasteiger partial charge in [-0.1, -0.05) is 0 Å². The zero-order valence-electron chi connectivity index (χ0n) is 12.3. The van der Waals surface area contributed by atoms with Gasteiger partial charge in [0.1, 0.15) is 6.04 Å². The summed E-state index contributed by atoms with van der Waals surface area (Å²) >= 11 is 0. The zero-order chi connectivity index (χ0) is 14.4. The molecule has 0 aromatic heterocycles. The van der Waals surface area contributed by atoms with Gasteiger partial charge in [0.2, 0.25) is 11.8 Å². The van der Waals surface area contributed by atoms with Crippen LogP contribution in [0.1, 0.15) is 46.5 Å². The summed E-state index contributed by atoms with van der Waals surface area (Å²) in [5.74, 6) is 0.0116. The minimum atomic E-state index is -0.442. The number of likely N-dealkylation sites (N-methyl/N-ethyl adjacent to an activating group) is 1. The Kier molecular flexibility index (Phi) is 6.28. The van der Waals surface area contributed by atoms with E-state index in [1.165, 1.54) is 0 Å². The van der Waals surface area contributed by atoms with Crippen molar-refractivity contribution in [2.45, 2.75) is 58.5 Å². The molecule has 1 fully saturated rings. The number of rotatable bonds is 5. The molecule has 0 aromatic carbocycles. The molecule has 0 bridgehead atoms. The lowest BCUT2D eigenvalue weighted by atomic mass is 9.86. The average Bonchev–Trinajstić information content (AvgIpc) is 2.40. The SMILES string of the molecule is CCN(CC)C(=O)C(C)NC(=O)C1CCC(N)CC1. The Bertz CT molecular complexity index is 308. The lowest BCUT2D eigenvalue weighted by Gasteiger charge is -2.28. The highest BCUT2D eigenvalue weighted by molar-refractivity contribution is 5.88. The van der Waals surface area contributed by atoms with E-state index < -0.39 is 6.04 Å². The molecule has 1 aliphatic carbocycles. The molecular formula is C14H27N3O2. The molecule has 1 rings (SSSR count). The number of carbonyl (C=O) groups is 2. The summed E-state index contributed by atoms with van der Waals surface area (Å²) in [6.45, 7) is 6.99. The molecule has 2 amide bonds. The molecule has 0 heterocycles. The lowest BCUT2D eigenvalue weighted by Crippen LogP contribution is -2.49. The molecule has 0 aliphatic heterocycles. The van der Waals surface area contributed by atoms with Crippen LogP contribution >= 0.6 is 0 Å². The van der Waals surface area contributed by atoms with Gasteiger partial charge in [0, 0.05) is 25.0 Å². The first kappa shape index (κ1) is 16.0. The number of hydrogen-bond acceptors (Lipinski definition) is 3. The highest BCUT2D eigenvalue weighted by atomic mass is 16.2. The number of hydrogen-bond donors (Lipinski definition) is 2. The Labute approximate surface area is 115 Å². The van der Waals surface area contributed by atoms with E-state index in [-0.39, 0.29) is 23.8 Å². The largest absolute Gasteiger partial charge is 0.344 e. The average molecular weight is 269 g/mol. The Morgan fingerprint density at radius 2 is 1.74 bits per heavy atom. The quantitative estimate of drug-likeness (QED) is 0.778. The fourth-order valence-corrected chi connectivity index (χ4v) is 2.58. The molecule has 1 saturated carbocycles. The Morgan fingerprint density at radius 3 is 2.21 bits per heavy atom. The van der Waals surface area contributed by atoms with Crippen molar-refractivity contribution in [2.75, 3.05) is 13.1 Å². The molecule has 0 aromatic rings. The summed E-state index contributed by atoms with van der Waals surface area (Å²) in [4.78, 5) is 25.9. The van der Waals surface area contributed by atoms with Gasteiger partial charge < -0.3 is 16.0 Å².